The van der Waals surface area contributed by atoms with Crippen molar-refractivity contribution in [1.82, 2.24) is 10.6 Å². The highest BCUT2D eigenvalue weighted by Crippen LogP contribution is 2.17. The van der Waals surface area contributed by atoms with Crippen LogP contribution in [0.25, 0.3) is 0 Å². The molecule has 0 spiro atoms. The first-order chi connectivity index (χ1) is 11.5. The number of esters is 1. The van der Waals surface area contributed by atoms with E-state index in [0.29, 0.717) is 39.1 Å². The van der Waals surface area contributed by atoms with Crippen LogP contribution in [0, 0.1) is 10.1 Å². The summed E-state index contributed by atoms with van der Waals surface area (Å²) in [6.45, 7) is 3.69. The average molecular weight is 339 g/mol. The Balaban J connectivity index is 2.09. The molecule has 0 unspecified atom stereocenters. The lowest BCUT2D eigenvalue weighted by Gasteiger charge is -2.07. The number of amides is 1. The van der Waals surface area contributed by atoms with Crippen molar-refractivity contribution in [2.75, 3.05) is 26.2 Å². The largest absolute Gasteiger partial charge is 0.466 e. The highest BCUT2D eigenvalue weighted by molar-refractivity contribution is 5.70. The number of rotatable bonds is 10. The number of nitro benzene ring substituents is 1. The van der Waals surface area contributed by atoms with E-state index in [1.807, 2.05) is 0 Å². The van der Waals surface area contributed by atoms with E-state index < -0.39 is 11.0 Å². The third kappa shape index (κ3) is 8.08. The quantitative estimate of drug-likeness (QED) is 0.287. The lowest BCUT2D eigenvalue weighted by molar-refractivity contribution is -0.384. The number of nitrogens with zero attached hydrogens (tertiary/aromatic N) is 1. The molecule has 0 aliphatic rings. The van der Waals surface area contributed by atoms with Gasteiger partial charge in [-0.05, 0) is 32.0 Å². The van der Waals surface area contributed by atoms with E-state index in [0.717, 1.165) is 0 Å². The molecule has 0 saturated carbocycles. The number of nitrogens with one attached hydrogen (secondary N) is 2. The van der Waals surface area contributed by atoms with Crippen molar-refractivity contribution in [2.24, 2.45) is 0 Å². The van der Waals surface area contributed by atoms with Gasteiger partial charge in [-0.3, -0.25) is 14.9 Å². The van der Waals surface area contributed by atoms with Crippen LogP contribution in [0.4, 0.5) is 10.5 Å². The molecule has 1 amide bonds. The Hall–Kier alpha value is -2.68. The summed E-state index contributed by atoms with van der Waals surface area (Å²) in [6.07, 6.45) is 0.345. The molecular formula is C15H21N3O6. The summed E-state index contributed by atoms with van der Waals surface area (Å²) in [5.74, 6) is -0.0135. The van der Waals surface area contributed by atoms with Gasteiger partial charge in [-0.2, -0.15) is 0 Å². The van der Waals surface area contributed by atoms with Crippen LogP contribution in [-0.2, 0) is 9.53 Å². The third-order valence-electron chi connectivity index (χ3n) is 2.87. The van der Waals surface area contributed by atoms with Gasteiger partial charge in [0.2, 0.25) is 0 Å². The lowest BCUT2D eigenvalue weighted by Crippen LogP contribution is -2.30. The zero-order valence-electron chi connectivity index (χ0n) is 13.4. The number of hydrogen-bond donors (Lipinski definition) is 2. The second-order valence-corrected chi connectivity index (χ2v) is 4.73. The van der Waals surface area contributed by atoms with E-state index in [-0.39, 0.29) is 17.4 Å². The second-order valence-electron chi connectivity index (χ2n) is 4.73. The fraction of sp³-hybridized carbons (Fsp3) is 0.467. The molecular weight excluding hydrogens is 318 g/mol. The fourth-order valence-corrected chi connectivity index (χ4v) is 1.73. The Bertz CT molecular complexity index is 547. The second kappa shape index (κ2) is 10.9. The van der Waals surface area contributed by atoms with Gasteiger partial charge in [0.05, 0.1) is 18.0 Å². The van der Waals surface area contributed by atoms with E-state index in [9.17, 15) is 19.7 Å². The molecule has 0 saturated heterocycles. The molecule has 1 rings (SSSR count). The number of carbonyl (C=O) groups is 2. The van der Waals surface area contributed by atoms with Gasteiger partial charge in [0.25, 0.3) is 5.69 Å². The lowest BCUT2D eigenvalue weighted by atomic mass is 10.3. The van der Waals surface area contributed by atoms with Crippen molar-refractivity contribution >= 4 is 17.7 Å². The summed E-state index contributed by atoms with van der Waals surface area (Å²) in [4.78, 5) is 32.6. The maximum Gasteiger partial charge on any atom is 0.412 e. The molecule has 0 radical (unpaired) electrons. The predicted octanol–water partition coefficient (Wildman–Crippen LogP) is 1.62. The van der Waals surface area contributed by atoms with E-state index in [1.54, 1.807) is 6.92 Å². The summed E-state index contributed by atoms with van der Waals surface area (Å²) in [5, 5.41) is 16.1. The van der Waals surface area contributed by atoms with Gasteiger partial charge in [0, 0.05) is 25.2 Å². The maximum atomic E-state index is 11.5. The summed E-state index contributed by atoms with van der Waals surface area (Å²) >= 11 is 0. The summed E-state index contributed by atoms with van der Waals surface area (Å²) in [6, 6.07) is 5.23. The van der Waals surface area contributed by atoms with Crippen LogP contribution in [0.1, 0.15) is 19.8 Å². The molecule has 0 aromatic heterocycles. The van der Waals surface area contributed by atoms with Crippen molar-refractivity contribution < 1.29 is 24.0 Å². The van der Waals surface area contributed by atoms with Crippen LogP contribution >= 0.6 is 0 Å². The Kier molecular flexibility index (Phi) is 8.84. The van der Waals surface area contributed by atoms with Crippen molar-refractivity contribution in [3.05, 3.63) is 34.4 Å². The molecule has 0 aliphatic carbocycles. The summed E-state index contributed by atoms with van der Waals surface area (Å²) < 4.78 is 9.77. The molecule has 0 aliphatic heterocycles. The third-order valence-corrected chi connectivity index (χ3v) is 2.87. The Labute approximate surface area is 139 Å². The number of ether oxygens (including phenoxy) is 2. The minimum atomic E-state index is -0.629. The molecule has 1 aromatic carbocycles. The number of non-ortho nitro benzene ring substituents is 1. The SMILES string of the molecule is CCOC(=O)CCNCCCNC(=O)Oc1ccc([N+](=O)[O-])cc1. The first kappa shape index (κ1) is 19.4. The van der Waals surface area contributed by atoms with Crippen LogP contribution < -0.4 is 15.4 Å². The monoisotopic (exact) mass is 339 g/mol. The van der Waals surface area contributed by atoms with E-state index in [4.69, 9.17) is 9.47 Å². The Morgan fingerprint density at radius 3 is 2.50 bits per heavy atom. The van der Waals surface area contributed by atoms with Crippen LogP contribution in [-0.4, -0.2) is 43.2 Å². The van der Waals surface area contributed by atoms with Gasteiger partial charge in [0.15, 0.2) is 0 Å². The van der Waals surface area contributed by atoms with Crippen molar-refractivity contribution in [3.8, 4) is 5.75 Å². The van der Waals surface area contributed by atoms with Gasteiger partial charge in [-0.1, -0.05) is 0 Å². The Morgan fingerprint density at radius 2 is 1.88 bits per heavy atom. The van der Waals surface area contributed by atoms with Gasteiger partial charge < -0.3 is 20.1 Å². The molecule has 0 atom stereocenters. The zero-order valence-corrected chi connectivity index (χ0v) is 13.4. The van der Waals surface area contributed by atoms with Gasteiger partial charge in [0.1, 0.15) is 5.75 Å². The Morgan fingerprint density at radius 1 is 1.17 bits per heavy atom. The summed E-state index contributed by atoms with van der Waals surface area (Å²) in [5.41, 5.74) is -0.0725. The average Bonchev–Trinajstić information content (AvgIpc) is 2.54. The first-order valence-electron chi connectivity index (χ1n) is 7.59. The standard InChI is InChI=1S/C15H21N3O6/c1-2-23-14(19)8-11-16-9-3-10-17-15(20)24-13-6-4-12(5-7-13)18(21)22/h4-7,16H,2-3,8-11H2,1H3,(H,17,20). The fourth-order valence-electron chi connectivity index (χ4n) is 1.73. The van der Waals surface area contributed by atoms with Crippen LogP contribution in [0.3, 0.4) is 0 Å². The highest BCUT2D eigenvalue weighted by atomic mass is 16.6. The highest BCUT2D eigenvalue weighted by Gasteiger charge is 2.07. The predicted molar refractivity (Wildman–Crippen MR) is 85.9 cm³/mol. The topological polar surface area (TPSA) is 120 Å². The van der Waals surface area contributed by atoms with E-state index >= 15 is 0 Å². The molecule has 132 valence electrons. The number of benzene rings is 1. The normalized spacial score (nSPS) is 10.0. The van der Waals surface area contributed by atoms with Crippen molar-refractivity contribution in [2.45, 2.75) is 19.8 Å². The van der Waals surface area contributed by atoms with Crippen molar-refractivity contribution in [1.29, 1.82) is 0 Å². The molecule has 1 aromatic rings. The number of nitro groups is 1. The van der Waals surface area contributed by atoms with E-state index in [2.05, 4.69) is 10.6 Å². The molecule has 0 heterocycles. The first-order valence-corrected chi connectivity index (χ1v) is 7.59. The molecule has 2 N–H and O–H groups in total. The van der Waals surface area contributed by atoms with Gasteiger partial charge in [-0.25, -0.2) is 4.79 Å². The molecule has 0 bridgehead atoms. The minimum absolute atomic E-state index is 0.0725. The summed E-state index contributed by atoms with van der Waals surface area (Å²) in [7, 11) is 0. The molecule has 9 nitrogen and oxygen atoms in total. The molecule has 0 fully saturated rings. The molecule has 24 heavy (non-hydrogen) atoms. The van der Waals surface area contributed by atoms with Crippen molar-refractivity contribution in [3.63, 3.8) is 0 Å². The molecule has 9 heteroatoms. The number of hydrogen-bond acceptors (Lipinski definition) is 7. The van der Waals surface area contributed by atoms with Gasteiger partial charge in [-0.15, -0.1) is 0 Å². The van der Waals surface area contributed by atoms with Gasteiger partial charge >= 0.3 is 12.1 Å². The minimum Gasteiger partial charge on any atom is -0.466 e. The zero-order chi connectivity index (χ0) is 17.8. The van der Waals surface area contributed by atoms with E-state index in [1.165, 1.54) is 24.3 Å². The smallest absolute Gasteiger partial charge is 0.412 e. The maximum absolute atomic E-state index is 11.5. The van der Waals surface area contributed by atoms with Crippen LogP contribution in [0.5, 0.6) is 5.75 Å². The van der Waals surface area contributed by atoms with Crippen LogP contribution in [0.15, 0.2) is 24.3 Å². The number of carbonyl (C=O) groups excluding carboxylic acids is 2. The van der Waals surface area contributed by atoms with Crippen LogP contribution in [0.2, 0.25) is 0 Å².